The summed E-state index contributed by atoms with van der Waals surface area (Å²) < 4.78 is 1.49. The molecule has 2 N–H and O–H groups in total. The summed E-state index contributed by atoms with van der Waals surface area (Å²) in [5.41, 5.74) is 2.64. The number of fused-ring (bicyclic) bond motifs is 1. The van der Waals surface area contributed by atoms with Crippen molar-refractivity contribution in [3.05, 3.63) is 75.7 Å². The van der Waals surface area contributed by atoms with Crippen molar-refractivity contribution in [1.29, 1.82) is 0 Å². The van der Waals surface area contributed by atoms with Gasteiger partial charge in [-0.2, -0.15) is 0 Å². The summed E-state index contributed by atoms with van der Waals surface area (Å²) in [6, 6.07) is 13.2. The Kier molecular flexibility index (Phi) is 5.38. The molecule has 0 aliphatic carbocycles. The first kappa shape index (κ1) is 19.8. The summed E-state index contributed by atoms with van der Waals surface area (Å²) >= 11 is 0. The van der Waals surface area contributed by atoms with Crippen molar-refractivity contribution in [3.8, 4) is 0 Å². The number of carbonyl (C=O) groups is 1. The number of aromatic nitrogens is 1. The summed E-state index contributed by atoms with van der Waals surface area (Å²) in [6.07, 6.45) is 1.93. The van der Waals surface area contributed by atoms with Crippen LogP contribution in [-0.4, -0.2) is 21.2 Å². The number of anilines is 1. The van der Waals surface area contributed by atoms with E-state index in [9.17, 15) is 14.7 Å². The Hall–Kier alpha value is -2.92. The first-order valence-electron chi connectivity index (χ1n) is 9.34. The van der Waals surface area contributed by atoms with Gasteiger partial charge in [-0.3, -0.25) is 9.59 Å². The Labute approximate surface area is 164 Å². The highest BCUT2D eigenvalue weighted by Crippen LogP contribution is 2.21. The molecule has 0 aliphatic rings. The first-order valence-corrected chi connectivity index (χ1v) is 9.34. The van der Waals surface area contributed by atoms with Gasteiger partial charge in [0.1, 0.15) is 0 Å². The van der Waals surface area contributed by atoms with Gasteiger partial charge in [0, 0.05) is 22.7 Å². The third kappa shape index (κ3) is 4.67. The predicted molar refractivity (Wildman–Crippen MR) is 113 cm³/mol. The molecule has 28 heavy (non-hydrogen) atoms. The summed E-state index contributed by atoms with van der Waals surface area (Å²) in [5.74, 6) is -0.127. The second-order valence-electron chi connectivity index (χ2n) is 8.05. The molecule has 0 unspecified atom stereocenters. The molecule has 0 bridgehead atoms. The lowest BCUT2D eigenvalue weighted by Crippen LogP contribution is -2.32. The van der Waals surface area contributed by atoms with Crippen LogP contribution in [0.15, 0.2) is 53.5 Å². The van der Waals surface area contributed by atoms with Crippen molar-refractivity contribution in [1.82, 2.24) is 4.57 Å². The molecule has 0 fully saturated rings. The molecule has 146 valence electrons. The van der Waals surface area contributed by atoms with Gasteiger partial charge in [0.15, 0.2) is 0 Å². The lowest BCUT2D eigenvalue weighted by molar-refractivity contribution is -0.115. The minimum Gasteiger partial charge on any atom is -0.389 e. The van der Waals surface area contributed by atoms with Gasteiger partial charge >= 0.3 is 0 Å². The SMILES string of the molecule is Cc1cc(C)cc(CC(=O)Nc2cccc3c(=O)n(CC(C)(C)O)ccc23)c1. The van der Waals surface area contributed by atoms with Gasteiger partial charge in [-0.25, -0.2) is 0 Å². The Morgan fingerprint density at radius 2 is 1.75 bits per heavy atom. The third-order valence-corrected chi connectivity index (χ3v) is 4.50. The molecule has 1 heterocycles. The summed E-state index contributed by atoms with van der Waals surface area (Å²) in [4.78, 5) is 25.3. The van der Waals surface area contributed by atoms with E-state index in [4.69, 9.17) is 0 Å². The number of amides is 1. The molecule has 2 aromatic carbocycles. The minimum atomic E-state index is -0.991. The molecule has 3 rings (SSSR count). The van der Waals surface area contributed by atoms with Crippen molar-refractivity contribution >= 4 is 22.4 Å². The van der Waals surface area contributed by atoms with E-state index in [1.807, 2.05) is 26.0 Å². The van der Waals surface area contributed by atoms with Crippen LogP contribution >= 0.6 is 0 Å². The maximum absolute atomic E-state index is 12.7. The highest BCUT2D eigenvalue weighted by atomic mass is 16.3. The Morgan fingerprint density at radius 3 is 2.39 bits per heavy atom. The van der Waals surface area contributed by atoms with Gasteiger partial charge in [0.2, 0.25) is 5.91 Å². The van der Waals surface area contributed by atoms with Crippen LogP contribution in [0.1, 0.15) is 30.5 Å². The van der Waals surface area contributed by atoms with Crippen LogP contribution in [0, 0.1) is 13.8 Å². The highest BCUT2D eigenvalue weighted by molar-refractivity contribution is 6.02. The molecule has 0 radical (unpaired) electrons. The Morgan fingerprint density at radius 1 is 1.07 bits per heavy atom. The third-order valence-electron chi connectivity index (χ3n) is 4.50. The van der Waals surface area contributed by atoms with Gasteiger partial charge in [0.05, 0.1) is 18.6 Å². The molecule has 5 nitrogen and oxygen atoms in total. The average Bonchev–Trinajstić information content (AvgIpc) is 2.55. The first-order chi connectivity index (χ1) is 13.1. The van der Waals surface area contributed by atoms with Gasteiger partial charge in [-0.15, -0.1) is 0 Å². The Balaban J connectivity index is 1.88. The molecule has 0 spiro atoms. The second-order valence-corrected chi connectivity index (χ2v) is 8.05. The van der Waals surface area contributed by atoms with Gasteiger partial charge in [-0.05, 0) is 51.5 Å². The predicted octanol–water partition coefficient (Wildman–Crippen LogP) is 3.57. The Bertz CT molecular complexity index is 1070. The van der Waals surface area contributed by atoms with E-state index in [0.717, 1.165) is 16.7 Å². The topological polar surface area (TPSA) is 71.3 Å². The number of aliphatic hydroxyl groups is 1. The zero-order chi connectivity index (χ0) is 20.5. The molecule has 0 saturated heterocycles. The number of nitrogens with zero attached hydrogens (tertiary/aromatic N) is 1. The van der Waals surface area contributed by atoms with E-state index in [1.54, 1.807) is 44.3 Å². The molecule has 0 atom stereocenters. The highest BCUT2D eigenvalue weighted by Gasteiger charge is 2.16. The van der Waals surface area contributed by atoms with E-state index < -0.39 is 5.60 Å². The number of rotatable bonds is 5. The van der Waals surface area contributed by atoms with Crippen LogP contribution in [0.4, 0.5) is 5.69 Å². The van der Waals surface area contributed by atoms with Crippen LogP contribution in [0.5, 0.6) is 0 Å². The molecule has 1 aromatic heterocycles. The fourth-order valence-electron chi connectivity index (χ4n) is 3.52. The molecule has 5 heteroatoms. The molecular weight excluding hydrogens is 352 g/mol. The number of benzene rings is 2. The van der Waals surface area contributed by atoms with Crippen molar-refractivity contribution in [2.45, 2.75) is 46.3 Å². The van der Waals surface area contributed by atoms with Crippen LogP contribution in [0.25, 0.3) is 10.8 Å². The minimum absolute atomic E-state index is 0.127. The lowest BCUT2D eigenvalue weighted by atomic mass is 10.0. The molecule has 0 aliphatic heterocycles. The maximum Gasteiger partial charge on any atom is 0.258 e. The smallest absolute Gasteiger partial charge is 0.258 e. The summed E-state index contributed by atoms with van der Waals surface area (Å²) in [5, 5.41) is 14.1. The van der Waals surface area contributed by atoms with Crippen molar-refractivity contribution in [2.24, 2.45) is 0 Å². The van der Waals surface area contributed by atoms with E-state index in [0.29, 0.717) is 16.5 Å². The van der Waals surface area contributed by atoms with E-state index in [1.165, 1.54) is 4.57 Å². The van der Waals surface area contributed by atoms with E-state index >= 15 is 0 Å². The zero-order valence-electron chi connectivity index (χ0n) is 16.7. The number of aryl methyl sites for hydroxylation is 2. The van der Waals surface area contributed by atoms with E-state index in [-0.39, 0.29) is 24.4 Å². The van der Waals surface area contributed by atoms with E-state index in [2.05, 4.69) is 11.4 Å². The maximum atomic E-state index is 12.7. The fourth-order valence-corrected chi connectivity index (χ4v) is 3.52. The van der Waals surface area contributed by atoms with Crippen LogP contribution in [-0.2, 0) is 17.8 Å². The average molecular weight is 378 g/mol. The summed E-state index contributed by atoms with van der Waals surface area (Å²) in [6.45, 7) is 7.54. The fraction of sp³-hybridized carbons (Fsp3) is 0.304. The number of hydrogen-bond acceptors (Lipinski definition) is 3. The molecule has 0 saturated carbocycles. The van der Waals surface area contributed by atoms with Crippen molar-refractivity contribution in [2.75, 3.05) is 5.32 Å². The lowest BCUT2D eigenvalue weighted by Gasteiger charge is -2.19. The second kappa shape index (κ2) is 7.60. The normalized spacial score (nSPS) is 11.6. The molecule has 3 aromatic rings. The largest absolute Gasteiger partial charge is 0.389 e. The van der Waals surface area contributed by atoms with Gasteiger partial charge < -0.3 is 15.0 Å². The van der Waals surface area contributed by atoms with Gasteiger partial charge in [0.25, 0.3) is 5.56 Å². The van der Waals surface area contributed by atoms with Crippen molar-refractivity contribution in [3.63, 3.8) is 0 Å². The standard InChI is InChI=1S/C23H26N2O3/c1-15-10-16(2)12-17(11-15)13-21(26)24-20-7-5-6-19-18(20)8-9-25(22(19)27)14-23(3,4)28/h5-12,28H,13-14H2,1-4H3,(H,24,26). The zero-order valence-corrected chi connectivity index (χ0v) is 16.7. The monoisotopic (exact) mass is 378 g/mol. The number of nitrogens with one attached hydrogen (secondary N) is 1. The molecule has 1 amide bonds. The van der Waals surface area contributed by atoms with Gasteiger partial charge in [-0.1, -0.05) is 35.4 Å². The van der Waals surface area contributed by atoms with Crippen LogP contribution in [0.2, 0.25) is 0 Å². The number of hydrogen-bond donors (Lipinski definition) is 2. The molecular formula is C23H26N2O3. The number of pyridine rings is 1. The summed E-state index contributed by atoms with van der Waals surface area (Å²) in [7, 11) is 0. The van der Waals surface area contributed by atoms with Crippen molar-refractivity contribution < 1.29 is 9.90 Å². The quantitative estimate of drug-likeness (QED) is 0.713. The van der Waals surface area contributed by atoms with Crippen LogP contribution in [0.3, 0.4) is 0 Å². The van der Waals surface area contributed by atoms with Crippen LogP contribution < -0.4 is 10.9 Å². The number of carbonyl (C=O) groups excluding carboxylic acids is 1.